The van der Waals surface area contributed by atoms with E-state index in [1.807, 2.05) is 6.07 Å². The van der Waals surface area contributed by atoms with Gasteiger partial charge in [-0.1, -0.05) is 54.4 Å². The summed E-state index contributed by atoms with van der Waals surface area (Å²) in [5, 5.41) is 0.222. The van der Waals surface area contributed by atoms with E-state index in [1.165, 1.54) is 23.6 Å². The molecule has 0 bridgehead atoms. The van der Waals surface area contributed by atoms with Crippen molar-refractivity contribution in [1.29, 1.82) is 0 Å². The van der Waals surface area contributed by atoms with Crippen LogP contribution < -0.4 is 0 Å². The van der Waals surface area contributed by atoms with Crippen LogP contribution in [0.5, 0.6) is 0 Å². The van der Waals surface area contributed by atoms with Crippen molar-refractivity contribution in [2.45, 2.75) is 39.5 Å². The van der Waals surface area contributed by atoms with E-state index in [4.69, 9.17) is 11.6 Å². The van der Waals surface area contributed by atoms with E-state index in [0.29, 0.717) is 5.92 Å². The van der Waals surface area contributed by atoms with Crippen molar-refractivity contribution < 1.29 is 4.39 Å². The summed E-state index contributed by atoms with van der Waals surface area (Å²) in [6.45, 7) is 4.39. The number of hydrogen-bond acceptors (Lipinski definition) is 0. The summed E-state index contributed by atoms with van der Waals surface area (Å²) in [6, 6.07) is 13.8. The Labute approximate surface area is 132 Å². The summed E-state index contributed by atoms with van der Waals surface area (Å²) < 4.78 is 13.1. The molecule has 0 saturated heterocycles. The highest BCUT2D eigenvalue weighted by atomic mass is 35.5. The first-order valence-electron chi connectivity index (χ1n) is 7.54. The van der Waals surface area contributed by atoms with E-state index >= 15 is 0 Å². The van der Waals surface area contributed by atoms with Gasteiger partial charge in [0.15, 0.2) is 0 Å². The summed E-state index contributed by atoms with van der Waals surface area (Å²) in [4.78, 5) is 0. The first-order chi connectivity index (χ1) is 10.0. The molecule has 2 rings (SSSR count). The van der Waals surface area contributed by atoms with Gasteiger partial charge < -0.3 is 0 Å². The van der Waals surface area contributed by atoms with Gasteiger partial charge >= 0.3 is 0 Å². The predicted octanol–water partition coefficient (Wildman–Crippen LogP) is 5.99. The smallest absolute Gasteiger partial charge is 0.141 e. The Morgan fingerprint density at radius 2 is 1.52 bits per heavy atom. The molecule has 2 aromatic rings. The molecule has 0 aromatic heterocycles. The molecule has 2 aromatic carbocycles. The van der Waals surface area contributed by atoms with Crippen LogP contribution in [0.4, 0.5) is 4.39 Å². The van der Waals surface area contributed by atoms with Crippen molar-refractivity contribution in [3.05, 3.63) is 70.0 Å². The Hall–Kier alpha value is -1.34. The van der Waals surface area contributed by atoms with Crippen molar-refractivity contribution >= 4 is 11.6 Å². The van der Waals surface area contributed by atoms with Gasteiger partial charge in [0.1, 0.15) is 5.82 Å². The van der Waals surface area contributed by atoms with Crippen LogP contribution in [0.3, 0.4) is 0 Å². The van der Waals surface area contributed by atoms with E-state index in [-0.39, 0.29) is 10.8 Å². The normalized spacial score (nSPS) is 12.4. The maximum atomic E-state index is 13.1. The lowest BCUT2D eigenvalue weighted by Crippen LogP contribution is -2.00. The predicted molar refractivity (Wildman–Crippen MR) is 88.4 cm³/mol. The molecule has 1 atom stereocenters. The first kappa shape index (κ1) is 16.0. The second kappa shape index (κ2) is 7.61. The molecule has 0 aliphatic carbocycles. The molecule has 0 heterocycles. The summed E-state index contributed by atoms with van der Waals surface area (Å²) in [5.74, 6) is 0.308. The molecule has 0 spiro atoms. The molecule has 1 unspecified atom stereocenters. The van der Waals surface area contributed by atoms with Crippen molar-refractivity contribution in [1.82, 2.24) is 0 Å². The second-order valence-electron chi connectivity index (χ2n) is 5.92. The Kier molecular flexibility index (Phi) is 5.81. The fourth-order valence-corrected chi connectivity index (χ4v) is 2.62. The maximum absolute atomic E-state index is 13.1. The zero-order chi connectivity index (χ0) is 15.2. The Morgan fingerprint density at radius 1 is 0.952 bits per heavy atom. The van der Waals surface area contributed by atoms with Crippen molar-refractivity contribution in [2.24, 2.45) is 5.92 Å². The molecule has 0 nitrogen and oxygen atoms in total. The van der Waals surface area contributed by atoms with Crippen LogP contribution in [-0.2, 0) is 12.8 Å². The molecule has 0 aliphatic rings. The molecule has 0 fully saturated rings. The molecular formula is C19H22ClF. The van der Waals surface area contributed by atoms with Gasteiger partial charge in [0.25, 0.3) is 0 Å². The van der Waals surface area contributed by atoms with Crippen molar-refractivity contribution in [3.8, 4) is 0 Å². The van der Waals surface area contributed by atoms with E-state index in [0.717, 1.165) is 24.8 Å². The highest BCUT2D eigenvalue weighted by molar-refractivity contribution is 6.30. The zero-order valence-corrected chi connectivity index (χ0v) is 13.5. The zero-order valence-electron chi connectivity index (χ0n) is 12.7. The van der Waals surface area contributed by atoms with Crippen LogP contribution in [0.25, 0.3) is 0 Å². The summed E-state index contributed by atoms with van der Waals surface area (Å²) >= 11 is 5.81. The third kappa shape index (κ3) is 5.17. The fraction of sp³-hybridized carbons (Fsp3) is 0.368. The van der Waals surface area contributed by atoms with E-state index < -0.39 is 0 Å². The molecule has 0 aliphatic heterocycles. The van der Waals surface area contributed by atoms with Gasteiger partial charge in [-0.05, 0) is 61.8 Å². The molecular weight excluding hydrogens is 283 g/mol. The monoisotopic (exact) mass is 304 g/mol. The minimum atomic E-state index is -0.340. The quantitative estimate of drug-likeness (QED) is 0.615. The second-order valence-corrected chi connectivity index (χ2v) is 6.32. The number of halogens is 2. The lowest BCUT2D eigenvalue weighted by molar-refractivity contribution is 0.492. The maximum Gasteiger partial charge on any atom is 0.141 e. The molecule has 2 heteroatoms. The van der Waals surface area contributed by atoms with Gasteiger partial charge in [0.2, 0.25) is 0 Å². The van der Waals surface area contributed by atoms with Gasteiger partial charge in [-0.15, -0.1) is 0 Å². The van der Waals surface area contributed by atoms with Gasteiger partial charge in [-0.3, -0.25) is 0 Å². The SMILES string of the molecule is Cc1ccc(CCC(C)CCc2ccc(F)c(Cl)c2)cc1. The average Bonchev–Trinajstić information content (AvgIpc) is 2.48. The number of hydrogen-bond donors (Lipinski definition) is 0. The Morgan fingerprint density at radius 3 is 2.14 bits per heavy atom. The topological polar surface area (TPSA) is 0 Å². The van der Waals surface area contributed by atoms with E-state index in [1.54, 1.807) is 6.07 Å². The van der Waals surface area contributed by atoms with Crippen molar-refractivity contribution in [2.75, 3.05) is 0 Å². The number of rotatable bonds is 6. The Balaban J connectivity index is 1.77. The molecule has 0 N–H and O–H groups in total. The van der Waals surface area contributed by atoms with Crippen LogP contribution in [0.15, 0.2) is 42.5 Å². The van der Waals surface area contributed by atoms with Gasteiger partial charge in [-0.25, -0.2) is 4.39 Å². The van der Waals surface area contributed by atoms with Gasteiger partial charge in [0.05, 0.1) is 5.02 Å². The van der Waals surface area contributed by atoms with Crippen LogP contribution in [-0.4, -0.2) is 0 Å². The largest absolute Gasteiger partial charge is 0.205 e. The summed E-state index contributed by atoms with van der Waals surface area (Å²) in [7, 11) is 0. The highest BCUT2D eigenvalue weighted by Crippen LogP contribution is 2.20. The standard InChI is InChI=1S/C19H22ClF/c1-14-3-7-16(8-4-14)9-5-15(2)6-10-17-11-12-19(21)18(20)13-17/h3-4,7-8,11-13,15H,5-6,9-10H2,1-2H3. The summed E-state index contributed by atoms with van der Waals surface area (Å²) in [5.41, 5.74) is 3.82. The molecule has 21 heavy (non-hydrogen) atoms. The molecule has 0 radical (unpaired) electrons. The van der Waals surface area contributed by atoms with Gasteiger partial charge in [-0.2, -0.15) is 0 Å². The van der Waals surface area contributed by atoms with Crippen LogP contribution in [0.2, 0.25) is 5.02 Å². The minimum Gasteiger partial charge on any atom is -0.205 e. The van der Waals surface area contributed by atoms with Crippen LogP contribution >= 0.6 is 11.6 Å². The van der Waals surface area contributed by atoms with Crippen LogP contribution in [0.1, 0.15) is 36.5 Å². The molecule has 0 saturated carbocycles. The Bertz CT molecular complexity index is 575. The average molecular weight is 305 g/mol. The van der Waals surface area contributed by atoms with Crippen LogP contribution in [0, 0.1) is 18.7 Å². The lowest BCUT2D eigenvalue weighted by atomic mass is 9.94. The lowest BCUT2D eigenvalue weighted by Gasteiger charge is -2.12. The summed E-state index contributed by atoms with van der Waals surface area (Å²) in [6.07, 6.45) is 4.35. The van der Waals surface area contributed by atoms with E-state index in [9.17, 15) is 4.39 Å². The van der Waals surface area contributed by atoms with E-state index in [2.05, 4.69) is 38.1 Å². The first-order valence-corrected chi connectivity index (χ1v) is 7.92. The third-order valence-corrected chi connectivity index (χ3v) is 4.25. The fourth-order valence-electron chi connectivity index (χ4n) is 2.42. The van der Waals surface area contributed by atoms with Crippen molar-refractivity contribution in [3.63, 3.8) is 0 Å². The highest BCUT2D eigenvalue weighted by Gasteiger charge is 2.06. The molecule has 0 amide bonds. The third-order valence-electron chi connectivity index (χ3n) is 3.96. The number of benzene rings is 2. The number of aryl methyl sites for hydroxylation is 3. The van der Waals surface area contributed by atoms with Gasteiger partial charge in [0, 0.05) is 0 Å². The minimum absolute atomic E-state index is 0.222. The molecule has 112 valence electrons.